The molecule has 0 rings (SSSR count). The topological polar surface area (TPSA) is 0 Å². The molecule has 92 valence electrons. The Balaban J connectivity index is 3.96. The first kappa shape index (κ1) is 15.0. The van der Waals surface area contributed by atoms with E-state index in [1.54, 1.807) is 0 Å². The first-order valence-electron chi connectivity index (χ1n) is 7.02. The quantitative estimate of drug-likeness (QED) is 0.497. The van der Waals surface area contributed by atoms with Gasteiger partial charge in [-0.3, -0.25) is 0 Å². The lowest BCUT2D eigenvalue weighted by Crippen LogP contribution is -2.17. The third kappa shape index (κ3) is 6.22. The summed E-state index contributed by atoms with van der Waals surface area (Å²) in [5, 5.41) is 0. The molecule has 0 aliphatic rings. The second-order valence-electron chi connectivity index (χ2n) is 5.79. The van der Waals surface area contributed by atoms with Crippen LogP contribution < -0.4 is 0 Å². The summed E-state index contributed by atoms with van der Waals surface area (Å²) in [7, 11) is 0. The highest BCUT2D eigenvalue weighted by Crippen LogP contribution is 2.29. The first-order chi connectivity index (χ1) is 7.02. The highest BCUT2D eigenvalue weighted by atomic mass is 14.2. The molecule has 0 aromatic heterocycles. The van der Waals surface area contributed by atoms with Gasteiger partial charge in [0.1, 0.15) is 0 Å². The van der Waals surface area contributed by atoms with Crippen molar-refractivity contribution >= 4 is 0 Å². The SMILES string of the molecule is CCCC(CC)CCC(C(C)C)C(C)C. The summed E-state index contributed by atoms with van der Waals surface area (Å²) in [6, 6.07) is 0. The molecule has 0 saturated heterocycles. The minimum Gasteiger partial charge on any atom is -0.0654 e. The molecule has 0 spiro atoms. The maximum atomic E-state index is 2.38. The molecule has 0 aromatic rings. The van der Waals surface area contributed by atoms with Crippen LogP contribution in [0.5, 0.6) is 0 Å². The van der Waals surface area contributed by atoms with Crippen molar-refractivity contribution in [2.45, 2.75) is 73.6 Å². The number of rotatable bonds is 8. The molecule has 0 aliphatic heterocycles. The van der Waals surface area contributed by atoms with Crippen molar-refractivity contribution in [3.05, 3.63) is 0 Å². The fourth-order valence-corrected chi connectivity index (χ4v) is 2.83. The average molecular weight is 212 g/mol. The van der Waals surface area contributed by atoms with E-state index in [1.807, 2.05) is 0 Å². The lowest BCUT2D eigenvalue weighted by molar-refractivity contribution is 0.242. The average Bonchev–Trinajstić information content (AvgIpc) is 2.15. The molecule has 1 unspecified atom stereocenters. The third-order valence-electron chi connectivity index (χ3n) is 3.90. The zero-order chi connectivity index (χ0) is 11.8. The normalized spacial score (nSPS) is 14.2. The number of hydrogen-bond acceptors (Lipinski definition) is 0. The first-order valence-corrected chi connectivity index (χ1v) is 7.02. The van der Waals surface area contributed by atoms with E-state index in [2.05, 4.69) is 41.5 Å². The Morgan fingerprint density at radius 2 is 1.27 bits per heavy atom. The summed E-state index contributed by atoms with van der Waals surface area (Å²) in [6.07, 6.45) is 7.04. The Labute approximate surface area is 97.8 Å². The van der Waals surface area contributed by atoms with Crippen molar-refractivity contribution in [3.63, 3.8) is 0 Å². The van der Waals surface area contributed by atoms with E-state index in [-0.39, 0.29) is 0 Å². The highest BCUT2D eigenvalue weighted by Gasteiger charge is 2.18. The van der Waals surface area contributed by atoms with Gasteiger partial charge in [0.05, 0.1) is 0 Å². The summed E-state index contributed by atoms with van der Waals surface area (Å²) in [5.41, 5.74) is 0. The van der Waals surface area contributed by atoms with Crippen LogP contribution in [0.1, 0.15) is 73.6 Å². The molecule has 0 heteroatoms. The van der Waals surface area contributed by atoms with Gasteiger partial charge in [0.15, 0.2) is 0 Å². The largest absolute Gasteiger partial charge is 0.0654 e. The van der Waals surface area contributed by atoms with E-state index in [4.69, 9.17) is 0 Å². The van der Waals surface area contributed by atoms with E-state index in [0.29, 0.717) is 0 Å². The molecule has 0 heterocycles. The van der Waals surface area contributed by atoms with E-state index in [0.717, 1.165) is 23.7 Å². The Hall–Kier alpha value is 0. The maximum Gasteiger partial charge on any atom is -0.0368 e. The summed E-state index contributed by atoms with van der Waals surface area (Å²) >= 11 is 0. The van der Waals surface area contributed by atoms with Crippen LogP contribution in [0.2, 0.25) is 0 Å². The molecule has 0 fully saturated rings. The van der Waals surface area contributed by atoms with Gasteiger partial charge in [-0.15, -0.1) is 0 Å². The molecule has 0 amide bonds. The third-order valence-corrected chi connectivity index (χ3v) is 3.90. The predicted octanol–water partition coefficient (Wildman–Crippen LogP) is 5.52. The smallest absolute Gasteiger partial charge is 0.0368 e. The molecular formula is C15H32. The predicted molar refractivity (Wildman–Crippen MR) is 71.1 cm³/mol. The number of hydrogen-bond donors (Lipinski definition) is 0. The van der Waals surface area contributed by atoms with Gasteiger partial charge in [0.25, 0.3) is 0 Å². The van der Waals surface area contributed by atoms with Crippen molar-refractivity contribution in [2.75, 3.05) is 0 Å². The second-order valence-corrected chi connectivity index (χ2v) is 5.79. The van der Waals surface area contributed by atoms with Crippen LogP contribution >= 0.6 is 0 Å². The lowest BCUT2D eigenvalue weighted by atomic mass is 9.79. The van der Waals surface area contributed by atoms with E-state index < -0.39 is 0 Å². The van der Waals surface area contributed by atoms with Gasteiger partial charge in [0.2, 0.25) is 0 Å². The van der Waals surface area contributed by atoms with Gasteiger partial charge >= 0.3 is 0 Å². The van der Waals surface area contributed by atoms with Crippen LogP contribution in [0, 0.1) is 23.7 Å². The minimum atomic E-state index is 0.851. The van der Waals surface area contributed by atoms with Crippen LogP contribution in [0.15, 0.2) is 0 Å². The van der Waals surface area contributed by atoms with Crippen molar-refractivity contribution in [2.24, 2.45) is 23.7 Å². The summed E-state index contributed by atoms with van der Waals surface area (Å²) in [4.78, 5) is 0. The van der Waals surface area contributed by atoms with Gasteiger partial charge in [0, 0.05) is 0 Å². The summed E-state index contributed by atoms with van der Waals surface area (Å²) in [6.45, 7) is 14.2. The van der Waals surface area contributed by atoms with Crippen LogP contribution in [0.25, 0.3) is 0 Å². The summed E-state index contributed by atoms with van der Waals surface area (Å²) in [5.74, 6) is 3.61. The van der Waals surface area contributed by atoms with Crippen LogP contribution in [0.4, 0.5) is 0 Å². The molecule has 0 aliphatic carbocycles. The molecule has 0 bridgehead atoms. The monoisotopic (exact) mass is 212 g/mol. The molecule has 15 heavy (non-hydrogen) atoms. The minimum absolute atomic E-state index is 0.851. The molecule has 0 saturated carbocycles. The Morgan fingerprint density at radius 3 is 1.60 bits per heavy atom. The lowest BCUT2D eigenvalue weighted by Gasteiger charge is -2.26. The Kier molecular flexibility index (Phi) is 8.19. The molecule has 0 nitrogen and oxygen atoms in total. The van der Waals surface area contributed by atoms with Gasteiger partial charge in [-0.2, -0.15) is 0 Å². The fourth-order valence-electron chi connectivity index (χ4n) is 2.83. The molecule has 0 N–H and O–H groups in total. The van der Waals surface area contributed by atoms with E-state index in [9.17, 15) is 0 Å². The molecular weight excluding hydrogens is 180 g/mol. The fraction of sp³-hybridized carbons (Fsp3) is 1.00. The van der Waals surface area contributed by atoms with Crippen LogP contribution in [-0.2, 0) is 0 Å². The van der Waals surface area contributed by atoms with Crippen molar-refractivity contribution in [1.29, 1.82) is 0 Å². The van der Waals surface area contributed by atoms with E-state index >= 15 is 0 Å². The van der Waals surface area contributed by atoms with Crippen molar-refractivity contribution < 1.29 is 0 Å². The van der Waals surface area contributed by atoms with E-state index in [1.165, 1.54) is 32.1 Å². The zero-order valence-corrected chi connectivity index (χ0v) is 11.8. The highest BCUT2D eigenvalue weighted by molar-refractivity contribution is 4.69. The van der Waals surface area contributed by atoms with Gasteiger partial charge in [-0.1, -0.05) is 67.2 Å². The standard InChI is InChI=1S/C15H32/c1-7-9-14(8-2)10-11-15(12(3)4)13(5)6/h12-15H,7-11H2,1-6H3. The Bertz CT molecular complexity index is 127. The van der Waals surface area contributed by atoms with Crippen LogP contribution in [0.3, 0.4) is 0 Å². The van der Waals surface area contributed by atoms with Crippen LogP contribution in [-0.4, -0.2) is 0 Å². The molecule has 0 aromatic carbocycles. The van der Waals surface area contributed by atoms with Crippen molar-refractivity contribution in [1.82, 2.24) is 0 Å². The maximum absolute atomic E-state index is 2.38. The zero-order valence-electron chi connectivity index (χ0n) is 11.8. The molecule has 1 atom stereocenters. The Morgan fingerprint density at radius 1 is 0.733 bits per heavy atom. The second kappa shape index (κ2) is 8.19. The molecule has 0 radical (unpaired) electrons. The van der Waals surface area contributed by atoms with Gasteiger partial charge in [-0.25, -0.2) is 0 Å². The van der Waals surface area contributed by atoms with Crippen molar-refractivity contribution in [3.8, 4) is 0 Å². The summed E-state index contributed by atoms with van der Waals surface area (Å²) < 4.78 is 0. The van der Waals surface area contributed by atoms with Gasteiger partial charge in [-0.05, 0) is 30.1 Å². The van der Waals surface area contributed by atoms with Gasteiger partial charge < -0.3 is 0 Å².